The standard InChI is InChI=1S/C16H16Br2O/c1-11-3-4-14(7-12(11)2)10-19-16-6-5-13(9-17)8-15(16)18/h3-8H,9-10H2,1-2H3. The third-order valence-electron chi connectivity index (χ3n) is 3.12. The average Bonchev–Trinajstić information content (AvgIpc) is 2.41. The molecule has 0 unspecified atom stereocenters. The number of ether oxygens (including phenoxy) is 1. The minimum absolute atomic E-state index is 0.591. The predicted molar refractivity (Wildman–Crippen MR) is 87.0 cm³/mol. The van der Waals surface area contributed by atoms with E-state index in [1.54, 1.807) is 0 Å². The molecule has 0 aromatic heterocycles. The van der Waals surface area contributed by atoms with Gasteiger partial charge in [-0.25, -0.2) is 0 Å². The SMILES string of the molecule is Cc1ccc(COc2ccc(CBr)cc2Br)cc1C. The Morgan fingerprint density at radius 1 is 0.947 bits per heavy atom. The summed E-state index contributed by atoms with van der Waals surface area (Å²) in [5.41, 5.74) is 5.03. The quantitative estimate of drug-likeness (QED) is 0.629. The molecular formula is C16H16Br2O. The highest BCUT2D eigenvalue weighted by molar-refractivity contribution is 9.10. The topological polar surface area (TPSA) is 9.23 Å². The van der Waals surface area contributed by atoms with Gasteiger partial charge in [-0.1, -0.05) is 40.2 Å². The molecule has 0 fully saturated rings. The Hall–Kier alpha value is -0.800. The number of benzene rings is 2. The van der Waals surface area contributed by atoms with Crippen molar-refractivity contribution in [2.75, 3.05) is 0 Å². The van der Waals surface area contributed by atoms with Crippen LogP contribution in [0.1, 0.15) is 22.3 Å². The lowest BCUT2D eigenvalue weighted by molar-refractivity contribution is 0.304. The third kappa shape index (κ3) is 3.83. The first kappa shape index (κ1) is 14.6. The molecule has 0 aliphatic heterocycles. The highest BCUT2D eigenvalue weighted by Gasteiger charge is 2.03. The maximum Gasteiger partial charge on any atom is 0.134 e. The van der Waals surface area contributed by atoms with Crippen molar-refractivity contribution in [3.8, 4) is 5.75 Å². The van der Waals surface area contributed by atoms with E-state index in [-0.39, 0.29) is 0 Å². The second-order valence-corrected chi connectivity index (χ2v) is 6.02. The summed E-state index contributed by atoms with van der Waals surface area (Å²) in [5.74, 6) is 0.878. The summed E-state index contributed by atoms with van der Waals surface area (Å²) >= 11 is 6.99. The molecule has 100 valence electrons. The fourth-order valence-corrected chi connectivity index (χ4v) is 2.69. The fraction of sp³-hybridized carbons (Fsp3) is 0.250. The van der Waals surface area contributed by atoms with Gasteiger partial charge in [-0.2, -0.15) is 0 Å². The van der Waals surface area contributed by atoms with Gasteiger partial charge >= 0.3 is 0 Å². The van der Waals surface area contributed by atoms with Crippen LogP contribution in [0.15, 0.2) is 40.9 Å². The maximum absolute atomic E-state index is 5.86. The Bertz CT molecular complexity index is 579. The Balaban J connectivity index is 2.07. The monoisotopic (exact) mass is 382 g/mol. The molecule has 0 N–H and O–H groups in total. The van der Waals surface area contributed by atoms with Crippen molar-refractivity contribution in [1.29, 1.82) is 0 Å². The van der Waals surface area contributed by atoms with Crippen LogP contribution in [0.25, 0.3) is 0 Å². The molecule has 2 rings (SSSR count). The van der Waals surface area contributed by atoms with Crippen molar-refractivity contribution in [1.82, 2.24) is 0 Å². The van der Waals surface area contributed by atoms with Gasteiger partial charge in [0, 0.05) is 5.33 Å². The van der Waals surface area contributed by atoms with Crippen LogP contribution in [-0.2, 0) is 11.9 Å². The molecule has 0 saturated carbocycles. The molecule has 0 bridgehead atoms. The van der Waals surface area contributed by atoms with E-state index in [9.17, 15) is 0 Å². The van der Waals surface area contributed by atoms with Crippen LogP contribution in [0.4, 0.5) is 0 Å². The molecule has 1 nitrogen and oxygen atoms in total. The summed E-state index contributed by atoms with van der Waals surface area (Å²) < 4.78 is 6.85. The molecular weight excluding hydrogens is 368 g/mol. The fourth-order valence-electron chi connectivity index (χ4n) is 1.80. The van der Waals surface area contributed by atoms with Crippen molar-refractivity contribution in [3.05, 3.63) is 63.1 Å². The van der Waals surface area contributed by atoms with Gasteiger partial charge < -0.3 is 4.74 Å². The summed E-state index contributed by atoms with van der Waals surface area (Å²) in [7, 11) is 0. The molecule has 3 heteroatoms. The van der Waals surface area contributed by atoms with Crippen LogP contribution in [0.3, 0.4) is 0 Å². The highest BCUT2D eigenvalue weighted by atomic mass is 79.9. The molecule has 0 spiro atoms. The van der Waals surface area contributed by atoms with Crippen LogP contribution in [0, 0.1) is 13.8 Å². The Labute approximate surface area is 131 Å². The number of rotatable bonds is 4. The van der Waals surface area contributed by atoms with Gasteiger partial charge in [0.05, 0.1) is 4.47 Å². The molecule has 0 aliphatic carbocycles. The van der Waals surface area contributed by atoms with Crippen molar-refractivity contribution in [2.45, 2.75) is 25.8 Å². The van der Waals surface area contributed by atoms with Crippen LogP contribution < -0.4 is 4.74 Å². The van der Waals surface area contributed by atoms with Crippen molar-refractivity contribution < 1.29 is 4.74 Å². The first-order valence-corrected chi connectivity index (χ1v) is 8.05. The zero-order valence-corrected chi connectivity index (χ0v) is 14.2. The molecule has 2 aromatic carbocycles. The molecule has 0 heterocycles. The lowest BCUT2D eigenvalue weighted by Gasteiger charge is -2.10. The van der Waals surface area contributed by atoms with Crippen LogP contribution in [0.5, 0.6) is 5.75 Å². The Kier molecular flexibility index (Phi) is 5.06. The minimum Gasteiger partial charge on any atom is -0.488 e. The van der Waals surface area contributed by atoms with Gasteiger partial charge in [0.2, 0.25) is 0 Å². The summed E-state index contributed by atoms with van der Waals surface area (Å²) in [6.45, 7) is 4.84. The van der Waals surface area contributed by atoms with E-state index in [1.807, 2.05) is 6.07 Å². The number of alkyl halides is 1. The van der Waals surface area contributed by atoms with E-state index in [4.69, 9.17) is 4.74 Å². The van der Waals surface area contributed by atoms with E-state index in [2.05, 4.69) is 76.0 Å². The second-order valence-electron chi connectivity index (χ2n) is 4.61. The summed E-state index contributed by atoms with van der Waals surface area (Å²) in [6, 6.07) is 12.6. The number of aryl methyl sites for hydroxylation is 2. The van der Waals surface area contributed by atoms with E-state index >= 15 is 0 Å². The average molecular weight is 384 g/mol. The summed E-state index contributed by atoms with van der Waals surface area (Å²) in [6.07, 6.45) is 0. The van der Waals surface area contributed by atoms with E-state index < -0.39 is 0 Å². The zero-order chi connectivity index (χ0) is 13.8. The van der Waals surface area contributed by atoms with Gasteiger partial charge in [-0.3, -0.25) is 0 Å². The molecule has 2 aromatic rings. The Morgan fingerprint density at radius 2 is 1.68 bits per heavy atom. The zero-order valence-electron chi connectivity index (χ0n) is 11.0. The molecule has 0 aliphatic rings. The van der Waals surface area contributed by atoms with E-state index in [0.717, 1.165) is 15.6 Å². The van der Waals surface area contributed by atoms with Gasteiger partial charge in [0.15, 0.2) is 0 Å². The first-order chi connectivity index (χ1) is 9.10. The maximum atomic E-state index is 5.86. The Morgan fingerprint density at radius 3 is 2.32 bits per heavy atom. The minimum atomic E-state index is 0.591. The van der Waals surface area contributed by atoms with Gasteiger partial charge in [-0.15, -0.1) is 0 Å². The second kappa shape index (κ2) is 6.58. The molecule has 0 radical (unpaired) electrons. The van der Waals surface area contributed by atoms with Gasteiger partial charge in [0.1, 0.15) is 12.4 Å². The van der Waals surface area contributed by atoms with Crippen molar-refractivity contribution in [2.24, 2.45) is 0 Å². The first-order valence-electron chi connectivity index (χ1n) is 6.13. The van der Waals surface area contributed by atoms with Crippen LogP contribution >= 0.6 is 31.9 Å². The van der Waals surface area contributed by atoms with Crippen molar-refractivity contribution >= 4 is 31.9 Å². The van der Waals surface area contributed by atoms with E-state index in [0.29, 0.717) is 6.61 Å². The van der Waals surface area contributed by atoms with Crippen molar-refractivity contribution in [3.63, 3.8) is 0 Å². The summed E-state index contributed by atoms with van der Waals surface area (Å²) in [4.78, 5) is 0. The lowest BCUT2D eigenvalue weighted by Crippen LogP contribution is -1.97. The highest BCUT2D eigenvalue weighted by Crippen LogP contribution is 2.27. The predicted octanol–water partition coefficient (Wildman–Crippen LogP) is 5.54. The number of halogens is 2. The third-order valence-corrected chi connectivity index (χ3v) is 4.38. The largest absolute Gasteiger partial charge is 0.488 e. The molecule has 19 heavy (non-hydrogen) atoms. The molecule has 0 saturated heterocycles. The van der Waals surface area contributed by atoms with Crippen LogP contribution in [-0.4, -0.2) is 0 Å². The van der Waals surface area contributed by atoms with Crippen LogP contribution in [0.2, 0.25) is 0 Å². The summed E-state index contributed by atoms with van der Waals surface area (Å²) in [5, 5.41) is 0.850. The van der Waals surface area contributed by atoms with Gasteiger partial charge in [-0.05, 0) is 64.2 Å². The van der Waals surface area contributed by atoms with E-state index in [1.165, 1.54) is 22.3 Å². The lowest BCUT2D eigenvalue weighted by atomic mass is 10.1. The number of hydrogen-bond acceptors (Lipinski definition) is 1. The normalized spacial score (nSPS) is 10.5. The molecule has 0 atom stereocenters. The number of hydrogen-bond donors (Lipinski definition) is 0. The smallest absolute Gasteiger partial charge is 0.134 e. The molecule has 0 amide bonds. The van der Waals surface area contributed by atoms with Gasteiger partial charge in [0.25, 0.3) is 0 Å².